The van der Waals surface area contributed by atoms with E-state index >= 15 is 13.5 Å². The molecule has 11 atom stereocenters. The molecule has 2 aliphatic carbocycles. The lowest BCUT2D eigenvalue weighted by molar-refractivity contribution is -0.118. The molecule has 394 valence electrons. The van der Waals surface area contributed by atoms with Crippen LogP contribution >= 0.6 is 15.6 Å². The molecule has 4 aromatic heterocycles. The summed E-state index contributed by atoms with van der Waals surface area (Å²) in [4.78, 5) is 67.2. The molecule has 2 amide bonds. The maximum atomic E-state index is 17.4. The Balaban J connectivity index is 1.11. The van der Waals surface area contributed by atoms with Gasteiger partial charge in [-0.25, -0.2) is 40.0 Å². The maximum Gasteiger partial charge on any atom is 0.475 e. The fourth-order valence-electron chi connectivity index (χ4n) is 9.08. The maximum absolute atomic E-state index is 17.4. The summed E-state index contributed by atoms with van der Waals surface area (Å²) in [5, 5.41) is 14.4. The van der Waals surface area contributed by atoms with Gasteiger partial charge >= 0.3 is 15.6 Å². The van der Waals surface area contributed by atoms with E-state index < -0.39 is 133 Å². The number of rotatable bonds is 14. The van der Waals surface area contributed by atoms with Crippen molar-refractivity contribution in [2.24, 2.45) is 17.3 Å². The number of carbonyl (C=O) groups excluding carboxylic acids is 2. The molecule has 2 saturated heterocycles. The van der Waals surface area contributed by atoms with Crippen LogP contribution in [0, 0.1) is 35.2 Å². The fraction of sp³-hybridized carbons (Fsp3) is 0.556. The number of anilines is 2. The number of H-pyrrole nitrogens is 1. The number of carbonyl (C=O) groups is 2. The lowest BCUT2D eigenvalue weighted by Gasteiger charge is -2.43. The van der Waals surface area contributed by atoms with Crippen LogP contribution in [0.5, 0.6) is 0 Å². The molecule has 4 fully saturated rings. The van der Waals surface area contributed by atoms with Gasteiger partial charge in [0, 0.05) is 16.9 Å². The number of benzene rings is 1. The molecule has 6 heterocycles. The molecule has 4 aliphatic rings. The lowest BCUT2D eigenvalue weighted by atomic mass is 10.0. The minimum absolute atomic E-state index is 0.00760. The molecule has 0 bridgehead atoms. The largest absolute Gasteiger partial charge is 0.475 e. The van der Waals surface area contributed by atoms with Crippen molar-refractivity contribution in [3.63, 3.8) is 0 Å². The van der Waals surface area contributed by atoms with Gasteiger partial charge in [-0.2, -0.15) is 10.2 Å². The van der Waals surface area contributed by atoms with Gasteiger partial charge in [0.05, 0.1) is 57.1 Å². The first-order valence-corrected chi connectivity index (χ1v) is 29.6. The highest BCUT2D eigenvalue weighted by molar-refractivity contribution is 7.48. The zero-order chi connectivity index (χ0) is 53.0. The standard InChI is InChI=1S/C45H55FN12O13P2Si/c1-25(2)39(59)55-43-54-38-31(41(61)56-43)52-23-57(38)32-27-19-45(27)21-67-73(63,65-18-16-48-6)69-33-28(20-66-72(62,64-17-12-15-47)70-35(45)34(32)71-74(7,8)44(3,4)5)68-42(29(33)46)58-24-51-30-36(49-22-50-37(30)58)53-40(60)26-13-10-9-11-14-26/h9-11,13-14,22-25,27-29,32-35,42H,12,16-21H2,1-5,7-8H3,(H,49,50,53,60)(H2,54,55,56,59,61)/t27-,28-,29-,32-,33-,34+,35+,42-,45-,72?,73?/m1/s1. The molecular formula is C45H55FN12O13P2Si. The lowest BCUT2D eigenvalue weighted by Crippen LogP contribution is -2.50. The summed E-state index contributed by atoms with van der Waals surface area (Å²) in [5.41, 5.74) is -1.49. The molecule has 3 N–H and O–H groups in total. The van der Waals surface area contributed by atoms with E-state index in [2.05, 4.69) is 45.4 Å². The summed E-state index contributed by atoms with van der Waals surface area (Å²) < 4.78 is 101. The quantitative estimate of drug-likeness (QED) is 0.0441. The number of alkyl halides is 1. The number of fused-ring (bicyclic) bond motifs is 3. The van der Waals surface area contributed by atoms with Crippen molar-refractivity contribution in [2.75, 3.05) is 43.6 Å². The van der Waals surface area contributed by atoms with Crippen molar-refractivity contribution >= 4 is 69.9 Å². The van der Waals surface area contributed by atoms with E-state index in [1.165, 1.54) is 17.2 Å². The first-order valence-electron chi connectivity index (χ1n) is 23.8. The molecule has 1 spiro atoms. The highest BCUT2D eigenvalue weighted by Crippen LogP contribution is 2.74. The Morgan fingerprint density at radius 1 is 1.03 bits per heavy atom. The smallest absolute Gasteiger partial charge is 0.409 e. The van der Waals surface area contributed by atoms with Crippen LogP contribution in [0.4, 0.5) is 16.2 Å². The van der Waals surface area contributed by atoms with Crippen molar-refractivity contribution in [1.82, 2.24) is 39.0 Å². The van der Waals surface area contributed by atoms with Gasteiger partial charge in [-0.15, -0.1) is 0 Å². The van der Waals surface area contributed by atoms with Crippen LogP contribution < -0.4 is 16.2 Å². The van der Waals surface area contributed by atoms with Crippen LogP contribution in [-0.2, 0) is 50.2 Å². The summed E-state index contributed by atoms with van der Waals surface area (Å²) >= 11 is 0. The summed E-state index contributed by atoms with van der Waals surface area (Å²) in [6.45, 7) is 18.3. The fourth-order valence-corrected chi connectivity index (χ4v) is 13.3. The molecule has 2 aliphatic heterocycles. The predicted molar refractivity (Wildman–Crippen MR) is 262 cm³/mol. The number of aromatic amines is 1. The van der Waals surface area contributed by atoms with Gasteiger partial charge in [0.25, 0.3) is 11.5 Å². The van der Waals surface area contributed by atoms with Crippen molar-refractivity contribution in [3.05, 3.63) is 76.6 Å². The molecule has 29 heteroatoms. The van der Waals surface area contributed by atoms with E-state index in [0.29, 0.717) is 5.56 Å². The van der Waals surface area contributed by atoms with Gasteiger partial charge in [0.2, 0.25) is 18.4 Å². The number of nitrogens with zero attached hydrogens (tertiary/aromatic N) is 9. The average Bonchev–Trinajstić information content (AvgIpc) is 3.60. The molecular weight excluding hydrogens is 1030 g/mol. The summed E-state index contributed by atoms with van der Waals surface area (Å²) in [6, 6.07) is 9.46. The van der Waals surface area contributed by atoms with E-state index in [4.69, 9.17) is 42.9 Å². The second-order valence-corrected chi connectivity index (χ2v) is 28.2. The van der Waals surface area contributed by atoms with E-state index in [-0.39, 0.29) is 53.5 Å². The minimum Gasteiger partial charge on any atom is -0.409 e. The third-order valence-corrected chi connectivity index (χ3v) is 21.4. The number of hydrogen-bond acceptors (Lipinski definition) is 19. The van der Waals surface area contributed by atoms with Crippen molar-refractivity contribution in [2.45, 2.75) is 108 Å². The number of amides is 2. The summed E-state index contributed by atoms with van der Waals surface area (Å²) in [6.07, 6.45) is -5.98. The molecule has 2 unspecified atom stereocenters. The number of ether oxygens (including phenoxy) is 1. The Labute approximate surface area is 424 Å². The van der Waals surface area contributed by atoms with Gasteiger partial charge < -0.3 is 23.9 Å². The first-order chi connectivity index (χ1) is 35.1. The molecule has 25 nitrogen and oxygen atoms in total. The topological polar surface area (TPSA) is 301 Å². The highest BCUT2D eigenvalue weighted by Gasteiger charge is 2.75. The number of nitrogens with one attached hydrogen (secondary N) is 3. The Hall–Kier alpha value is -5.67. The van der Waals surface area contributed by atoms with Crippen LogP contribution in [-0.4, -0.2) is 123 Å². The van der Waals surface area contributed by atoms with E-state index in [1.54, 1.807) is 48.7 Å². The number of halogens is 1. The Morgan fingerprint density at radius 2 is 1.74 bits per heavy atom. The summed E-state index contributed by atoms with van der Waals surface area (Å²) in [7, 11) is -12.7. The number of imidazole rings is 2. The van der Waals surface area contributed by atoms with Gasteiger partial charge in [-0.05, 0) is 42.6 Å². The predicted octanol–water partition coefficient (Wildman–Crippen LogP) is 6.89. The monoisotopic (exact) mass is 1080 g/mol. The molecule has 9 rings (SSSR count). The van der Waals surface area contributed by atoms with E-state index in [1.807, 2.05) is 39.9 Å². The van der Waals surface area contributed by atoms with Crippen LogP contribution in [0.15, 0.2) is 54.1 Å². The second-order valence-electron chi connectivity index (χ2n) is 20.2. The Kier molecular flexibility index (Phi) is 14.7. The zero-order valence-corrected chi connectivity index (χ0v) is 44.2. The first kappa shape index (κ1) is 53.2. The molecule has 2 saturated carbocycles. The van der Waals surface area contributed by atoms with Gasteiger partial charge in [-0.1, -0.05) is 52.8 Å². The van der Waals surface area contributed by atoms with Gasteiger partial charge in [0.1, 0.15) is 31.2 Å². The zero-order valence-electron chi connectivity index (χ0n) is 41.4. The number of hydrogen-bond donors (Lipinski definition) is 3. The average molecular weight is 1080 g/mol. The van der Waals surface area contributed by atoms with Crippen LogP contribution in [0.25, 0.3) is 27.2 Å². The van der Waals surface area contributed by atoms with E-state index in [0.717, 1.165) is 6.33 Å². The van der Waals surface area contributed by atoms with Crippen molar-refractivity contribution < 1.29 is 59.4 Å². The molecule has 0 radical (unpaired) electrons. The SMILES string of the molecule is [C-]#[N+]CCOP1(=O)OC[C@]23C[C@@H]2[C@@H](n2cnc4c(=O)[nH]c(NC(=O)C(C)C)nc42)[C@H](O[Si](C)(C)C(C)(C)C)[C@@H]3OP(=O)(OCCC#N)OC[C@H]2O[C@@H](n3cnc4c(NC(=O)c5ccccc5)ncnc43)[C@H](F)[C@@H]2O1. The molecule has 1 aromatic carbocycles. The summed E-state index contributed by atoms with van der Waals surface area (Å²) in [5.74, 6) is -2.06. The normalized spacial score (nSPS) is 30.1. The number of phosphoric acid groups is 2. The Morgan fingerprint density at radius 3 is 2.46 bits per heavy atom. The van der Waals surface area contributed by atoms with Gasteiger partial charge in [-0.3, -0.25) is 56.4 Å². The molecule has 5 aromatic rings. The van der Waals surface area contributed by atoms with Crippen LogP contribution in [0.1, 0.15) is 70.1 Å². The van der Waals surface area contributed by atoms with Crippen molar-refractivity contribution in [3.8, 4) is 6.07 Å². The third-order valence-electron chi connectivity index (χ3n) is 14.0. The van der Waals surface area contributed by atoms with Gasteiger partial charge in [0.15, 0.2) is 48.9 Å². The Bertz CT molecular complexity index is 3200. The van der Waals surface area contributed by atoms with Crippen LogP contribution in [0.3, 0.4) is 0 Å². The third kappa shape index (κ3) is 10.2. The minimum atomic E-state index is -4.93. The number of nitriles is 1. The second kappa shape index (κ2) is 20.5. The molecule has 74 heavy (non-hydrogen) atoms. The van der Waals surface area contributed by atoms with E-state index in [9.17, 15) is 19.6 Å². The number of phosphoric ester groups is 2. The van der Waals surface area contributed by atoms with Crippen molar-refractivity contribution in [1.29, 1.82) is 5.26 Å². The number of aromatic nitrogens is 8. The van der Waals surface area contributed by atoms with Crippen LogP contribution in [0.2, 0.25) is 18.1 Å². The highest BCUT2D eigenvalue weighted by atomic mass is 31.2.